The molecule has 1 fully saturated rings. The van der Waals surface area contributed by atoms with Crippen molar-refractivity contribution in [2.24, 2.45) is 5.92 Å². The van der Waals surface area contributed by atoms with Gasteiger partial charge in [-0.05, 0) is 32.1 Å². The van der Waals surface area contributed by atoms with Crippen LogP contribution in [0.2, 0.25) is 0 Å². The second-order valence-corrected chi connectivity index (χ2v) is 5.67. The van der Waals surface area contributed by atoms with Crippen molar-refractivity contribution in [2.75, 3.05) is 0 Å². The molecule has 1 saturated carbocycles. The van der Waals surface area contributed by atoms with Gasteiger partial charge in [-0.2, -0.15) is 0 Å². The number of alkyl halides is 1. The third-order valence-corrected chi connectivity index (χ3v) is 2.63. The number of rotatable bonds is 1. The summed E-state index contributed by atoms with van der Waals surface area (Å²) in [5, 5.41) is 0. The molecule has 2 atom stereocenters. The molecule has 0 aromatic heterocycles. The van der Waals surface area contributed by atoms with Crippen LogP contribution in [0.4, 0.5) is 0 Å². The summed E-state index contributed by atoms with van der Waals surface area (Å²) in [6.07, 6.45) is 8.00. The molecule has 0 aromatic rings. The summed E-state index contributed by atoms with van der Waals surface area (Å²) in [6, 6.07) is 0. The Balaban J connectivity index is 2.45. The van der Waals surface area contributed by atoms with Gasteiger partial charge in [-0.25, -0.2) is 0 Å². The van der Waals surface area contributed by atoms with Crippen molar-refractivity contribution in [3.8, 4) is 0 Å². The summed E-state index contributed by atoms with van der Waals surface area (Å²) in [5.41, 5.74) is 1.70. The fourth-order valence-electron chi connectivity index (χ4n) is 1.81. The van der Waals surface area contributed by atoms with Crippen LogP contribution in [0.1, 0.15) is 39.5 Å². The van der Waals surface area contributed by atoms with Crippen molar-refractivity contribution >= 4 is 22.6 Å². The van der Waals surface area contributed by atoms with E-state index in [9.17, 15) is 0 Å². The zero-order chi connectivity index (χ0) is 8.27. The Morgan fingerprint density at radius 2 is 2.36 bits per heavy atom. The number of allylic oxidation sites excluding steroid dienone is 2. The van der Waals surface area contributed by atoms with Crippen molar-refractivity contribution in [3.63, 3.8) is 0 Å². The van der Waals surface area contributed by atoms with Gasteiger partial charge in [0.05, 0.1) is 0 Å². The standard InChI is InChI=1S/C10H17I/c1-8-4-3-5-10(6-8)7-9(2)11/h7-9H,3-6H2,1-2H3/b10-7-/t8?,9-/m0/s1. The summed E-state index contributed by atoms with van der Waals surface area (Å²) in [7, 11) is 0. The molecule has 0 radical (unpaired) electrons. The molecule has 1 heteroatoms. The average molecular weight is 264 g/mol. The summed E-state index contributed by atoms with van der Waals surface area (Å²) >= 11 is 2.48. The minimum absolute atomic E-state index is 0.716. The molecule has 64 valence electrons. The number of hydrogen-bond acceptors (Lipinski definition) is 0. The maximum absolute atomic E-state index is 2.48. The van der Waals surface area contributed by atoms with Gasteiger partial charge >= 0.3 is 0 Å². The smallest absolute Gasteiger partial charge is 0.0263 e. The molecular formula is C10H17I. The molecule has 0 nitrogen and oxygen atoms in total. The largest absolute Gasteiger partial charge is 0.0784 e. The lowest BCUT2D eigenvalue weighted by atomic mass is 9.86. The molecule has 0 spiro atoms. The van der Waals surface area contributed by atoms with Gasteiger partial charge in [-0.1, -0.05) is 47.6 Å². The van der Waals surface area contributed by atoms with Crippen molar-refractivity contribution < 1.29 is 0 Å². The van der Waals surface area contributed by atoms with Crippen molar-refractivity contribution in [3.05, 3.63) is 11.6 Å². The molecule has 0 bridgehead atoms. The first kappa shape index (κ1) is 9.56. The Bertz CT molecular complexity index is 147. The Hall–Kier alpha value is 0.470. The lowest BCUT2D eigenvalue weighted by Gasteiger charge is -2.20. The van der Waals surface area contributed by atoms with E-state index in [-0.39, 0.29) is 0 Å². The Morgan fingerprint density at radius 1 is 1.64 bits per heavy atom. The third kappa shape index (κ3) is 3.59. The average Bonchev–Trinajstić information content (AvgIpc) is 1.85. The second kappa shape index (κ2) is 4.48. The van der Waals surface area contributed by atoms with E-state index in [1.165, 1.54) is 25.7 Å². The predicted molar refractivity (Wildman–Crippen MR) is 59.2 cm³/mol. The van der Waals surface area contributed by atoms with Gasteiger partial charge in [0.25, 0.3) is 0 Å². The maximum atomic E-state index is 2.48. The maximum Gasteiger partial charge on any atom is 0.0263 e. The van der Waals surface area contributed by atoms with Gasteiger partial charge in [-0.3, -0.25) is 0 Å². The summed E-state index contributed by atoms with van der Waals surface area (Å²) in [5.74, 6) is 0.935. The van der Waals surface area contributed by atoms with E-state index in [1.807, 2.05) is 0 Å². The van der Waals surface area contributed by atoms with Crippen LogP contribution in [-0.4, -0.2) is 3.92 Å². The molecule has 1 rings (SSSR count). The summed E-state index contributed by atoms with van der Waals surface area (Å²) in [6.45, 7) is 4.62. The molecule has 0 aliphatic heterocycles. The Kier molecular flexibility index (Phi) is 3.90. The fourth-order valence-corrected chi connectivity index (χ4v) is 2.31. The first-order chi connectivity index (χ1) is 5.18. The van der Waals surface area contributed by atoms with E-state index in [4.69, 9.17) is 0 Å². The van der Waals surface area contributed by atoms with Gasteiger partial charge < -0.3 is 0 Å². The zero-order valence-electron chi connectivity index (χ0n) is 7.44. The highest BCUT2D eigenvalue weighted by molar-refractivity contribution is 14.1. The topological polar surface area (TPSA) is 0 Å². The molecule has 1 aliphatic carbocycles. The van der Waals surface area contributed by atoms with Crippen LogP contribution in [0, 0.1) is 5.92 Å². The highest BCUT2D eigenvalue weighted by atomic mass is 127. The summed E-state index contributed by atoms with van der Waals surface area (Å²) in [4.78, 5) is 0. The monoisotopic (exact) mass is 264 g/mol. The van der Waals surface area contributed by atoms with Gasteiger partial charge in [0.2, 0.25) is 0 Å². The van der Waals surface area contributed by atoms with Crippen molar-refractivity contribution in [1.29, 1.82) is 0 Å². The minimum Gasteiger partial charge on any atom is -0.0784 e. The van der Waals surface area contributed by atoms with Crippen LogP contribution in [0.25, 0.3) is 0 Å². The van der Waals surface area contributed by atoms with Crippen LogP contribution in [0.3, 0.4) is 0 Å². The van der Waals surface area contributed by atoms with Crippen LogP contribution in [-0.2, 0) is 0 Å². The van der Waals surface area contributed by atoms with E-state index in [1.54, 1.807) is 5.57 Å². The van der Waals surface area contributed by atoms with Crippen molar-refractivity contribution in [2.45, 2.75) is 43.5 Å². The van der Waals surface area contributed by atoms with Crippen LogP contribution in [0.15, 0.2) is 11.6 Å². The van der Waals surface area contributed by atoms with Crippen LogP contribution in [0.5, 0.6) is 0 Å². The molecule has 0 saturated heterocycles. The molecule has 1 aliphatic rings. The lowest BCUT2D eigenvalue weighted by Crippen LogP contribution is -2.05. The molecule has 0 amide bonds. The second-order valence-electron chi connectivity index (χ2n) is 3.70. The SMILES string of the molecule is CC1CCC/C(=C/[C@H](C)I)C1. The number of hydrogen-bond donors (Lipinski definition) is 0. The molecule has 11 heavy (non-hydrogen) atoms. The molecule has 0 aromatic carbocycles. The van der Waals surface area contributed by atoms with E-state index in [0.29, 0.717) is 3.92 Å². The molecular weight excluding hydrogens is 247 g/mol. The normalized spacial score (nSPS) is 32.3. The Labute approximate surface area is 83.6 Å². The van der Waals surface area contributed by atoms with Crippen LogP contribution < -0.4 is 0 Å². The minimum atomic E-state index is 0.716. The van der Waals surface area contributed by atoms with Crippen molar-refractivity contribution in [1.82, 2.24) is 0 Å². The first-order valence-corrected chi connectivity index (χ1v) is 5.76. The van der Waals surface area contributed by atoms with E-state index >= 15 is 0 Å². The quantitative estimate of drug-likeness (QED) is 0.382. The molecule has 1 unspecified atom stereocenters. The van der Waals surface area contributed by atoms with Gasteiger partial charge in [0.15, 0.2) is 0 Å². The first-order valence-electron chi connectivity index (χ1n) is 4.52. The zero-order valence-corrected chi connectivity index (χ0v) is 9.60. The molecule has 0 heterocycles. The number of halogens is 1. The highest BCUT2D eigenvalue weighted by Gasteiger charge is 2.12. The van der Waals surface area contributed by atoms with Gasteiger partial charge in [0, 0.05) is 3.92 Å². The van der Waals surface area contributed by atoms with Gasteiger partial charge in [0.1, 0.15) is 0 Å². The van der Waals surface area contributed by atoms with E-state index < -0.39 is 0 Å². The molecule has 0 N–H and O–H groups in total. The van der Waals surface area contributed by atoms with E-state index in [2.05, 4.69) is 42.5 Å². The fraction of sp³-hybridized carbons (Fsp3) is 0.800. The lowest BCUT2D eigenvalue weighted by molar-refractivity contribution is 0.452. The van der Waals surface area contributed by atoms with E-state index in [0.717, 1.165) is 5.92 Å². The Morgan fingerprint density at radius 3 is 2.91 bits per heavy atom. The van der Waals surface area contributed by atoms with Gasteiger partial charge in [-0.15, -0.1) is 0 Å². The summed E-state index contributed by atoms with van der Waals surface area (Å²) < 4.78 is 0.716. The highest BCUT2D eigenvalue weighted by Crippen LogP contribution is 2.28. The van der Waals surface area contributed by atoms with Crippen LogP contribution >= 0.6 is 22.6 Å². The predicted octanol–water partition coefficient (Wildman–Crippen LogP) is 3.95. The third-order valence-electron chi connectivity index (χ3n) is 2.27.